The fraction of sp³-hybridized carbons (Fsp3) is 0.111. The van der Waals surface area contributed by atoms with Gasteiger partial charge in [0.1, 0.15) is 6.33 Å². The number of aryl methyl sites for hydroxylation is 1. The second-order valence-electron chi connectivity index (χ2n) is 2.96. The summed E-state index contributed by atoms with van der Waals surface area (Å²) in [7, 11) is 1.83. The molecule has 0 unspecified atom stereocenters. The quantitative estimate of drug-likeness (QED) is 0.818. The van der Waals surface area contributed by atoms with Crippen molar-refractivity contribution in [1.82, 2.24) is 14.8 Å². The molecular formula is C9H9ClN4S. The number of rotatable bonds is 2. The summed E-state index contributed by atoms with van der Waals surface area (Å²) in [5, 5.41) is 5.40. The Kier molecular flexibility index (Phi) is 2.83. The lowest BCUT2D eigenvalue weighted by atomic mass is 10.3. The highest BCUT2D eigenvalue weighted by atomic mass is 35.5. The van der Waals surface area contributed by atoms with E-state index in [2.05, 4.69) is 10.1 Å². The first-order valence-corrected chi connectivity index (χ1v) is 5.43. The lowest BCUT2D eigenvalue weighted by Gasteiger charge is -2.03. The molecule has 0 atom stereocenters. The van der Waals surface area contributed by atoms with Crippen molar-refractivity contribution in [1.29, 1.82) is 0 Å². The molecule has 0 fully saturated rings. The number of nitrogens with zero attached hydrogens (tertiary/aromatic N) is 3. The van der Waals surface area contributed by atoms with Crippen molar-refractivity contribution in [2.45, 2.75) is 10.1 Å². The standard InChI is InChI=1S/C9H9ClN4S/c1-14-9(12-5-13-14)15-8-3-2-6(11)4-7(8)10/h2-5H,11H2,1H3. The summed E-state index contributed by atoms with van der Waals surface area (Å²) in [6.07, 6.45) is 1.51. The van der Waals surface area contributed by atoms with E-state index >= 15 is 0 Å². The van der Waals surface area contributed by atoms with E-state index in [1.807, 2.05) is 19.2 Å². The van der Waals surface area contributed by atoms with Gasteiger partial charge in [-0.1, -0.05) is 11.6 Å². The van der Waals surface area contributed by atoms with Crippen LogP contribution in [0.1, 0.15) is 0 Å². The van der Waals surface area contributed by atoms with Gasteiger partial charge in [-0.25, -0.2) is 9.67 Å². The third-order valence-electron chi connectivity index (χ3n) is 1.83. The van der Waals surface area contributed by atoms with Gasteiger partial charge in [0.05, 0.1) is 5.02 Å². The van der Waals surface area contributed by atoms with Gasteiger partial charge in [0.25, 0.3) is 0 Å². The SMILES string of the molecule is Cn1ncnc1Sc1ccc(N)cc1Cl. The number of nitrogen functional groups attached to an aromatic ring is 1. The van der Waals surface area contributed by atoms with E-state index in [0.717, 1.165) is 10.1 Å². The van der Waals surface area contributed by atoms with E-state index in [9.17, 15) is 0 Å². The van der Waals surface area contributed by atoms with Crippen LogP contribution < -0.4 is 5.73 Å². The maximum atomic E-state index is 6.04. The van der Waals surface area contributed by atoms with Gasteiger partial charge in [-0.3, -0.25) is 0 Å². The highest BCUT2D eigenvalue weighted by molar-refractivity contribution is 7.99. The number of hydrogen-bond donors (Lipinski definition) is 1. The van der Waals surface area contributed by atoms with Gasteiger partial charge in [0.15, 0.2) is 5.16 Å². The molecule has 0 aliphatic carbocycles. The Morgan fingerprint density at radius 2 is 2.27 bits per heavy atom. The molecule has 6 heteroatoms. The number of anilines is 1. The Bertz CT molecular complexity index is 483. The van der Waals surface area contributed by atoms with E-state index in [1.165, 1.54) is 18.1 Å². The highest BCUT2D eigenvalue weighted by Gasteiger charge is 2.06. The maximum absolute atomic E-state index is 6.04. The predicted molar refractivity (Wildman–Crippen MR) is 61.0 cm³/mol. The summed E-state index contributed by atoms with van der Waals surface area (Å²) >= 11 is 7.50. The molecule has 2 N–H and O–H groups in total. The molecule has 0 saturated carbocycles. The molecule has 0 aliphatic heterocycles. The lowest BCUT2D eigenvalue weighted by molar-refractivity contribution is 0.685. The topological polar surface area (TPSA) is 56.7 Å². The van der Waals surface area contributed by atoms with Crippen molar-refractivity contribution in [3.8, 4) is 0 Å². The smallest absolute Gasteiger partial charge is 0.190 e. The summed E-state index contributed by atoms with van der Waals surface area (Å²) in [6, 6.07) is 5.40. The molecule has 78 valence electrons. The number of nitrogens with two attached hydrogens (primary N) is 1. The van der Waals surface area contributed by atoms with E-state index < -0.39 is 0 Å². The van der Waals surface area contributed by atoms with E-state index in [4.69, 9.17) is 17.3 Å². The van der Waals surface area contributed by atoms with Gasteiger partial charge in [-0.15, -0.1) is 0 Å². The minimum atomic E-state index is 0.628. The summed E-state index contributed by atoms with van der Waals surface area (Å²) in [6.45, 7) is 0. The Labute approximate surface area is 96.4 Å². The van der Waals surface area contributed by atoms with Gasteiger partial charge >= 0.3 is 0 Å². The van der Waals surface area contributed by atoms with Crippen LogP contribution in [0.3, 0.4) is 0 Å². The molecule has 0 bridgehead atoms. The normalized spacial score (nSPS) is 10.5. The molecule has 2 rings (SSSR count). The van der Waals surface area contributed by atoms with Crippen molar-refractivity contribution < 1.29 is 0 Å². The molecule has 15 heavy (non-hydrogen) atoms. The molecule has 1 aromatic heterocycles. The van der Waals surface area contributed by atoms with E-state index in [1.54, 1.807) is 10.7 Å². The summed E-state index contributed by atoms with van der Waals surface area (Å²) in [4.78, 5) is 5.02. The molecule has 1 heterocycles. The van der Waals surface area contributed by atoms with Gasteiger partial charge in [0.2, 0.25) is 0 Å². The third kappa shape index (κ3) is 2.24. The first-order chi connectivity index (χ1) is 7.16. The van der Waals surface area contributed by atoms with Crippen molar-refractivity contribution >= 4 is 29.1 Å². The van der Waals surface area contributed by atoms with Crippen LogP contribution in [0.5, 0.6) is 0 Å². The Morgan fingerprint density at radius 1 is 1.47 bits per heavy atom. The van der Waals surface area contributed by atoms with E-state index in [-0.39, 0.29) is 0 Å². The average molecular weight is 241 g/mol. The monoisotopic (exact) mass is 240 g/mol. The molecule has 0 amide bonds. The largest absolute Gasteiger partial charge is 0.399 e. The number of hydrogen-bond acceptors (Lipinski definition) is 4. The Balaban J connectivity index is 2.29. The van der Waals surface area contributed by atoms with Crippen molar-refractivity contribution in [2.24, 2.45) is 7.05 Å². The fourth-order valence-electron chi connectivity index (χ4n) is 1.08. The zero-order chi connectivity index (χ0) is 10.8. The van der Waals surface area contributed by atoms with Crippen LogP contribution in [0.25, 0.3) is 0 Å². The molecule has 2 aromatic rings. The van der Waals surface area contributed by atoms with Crippen LogP contribution in [-0.2, 0) is 7.05 Å². The average Bonchev–Trinajstić information content (AvgIpc) is 2.57. The predicted octanol–water partition coefficient (Wildman–Crippen LogP) is 2.20. The van der Waals surface area contributed by atoms with Crippen LogP contribution >= 0.6 is 23.4 Å². The summed E-state index contributed by atoms with van der Waals surface area (Å²) in [5.41, 5.74) is 6.26. The van der Waals surface area contributed by atoms with Crippen LogP contribution in [0.4, 0.5) is 5.69 Å². The first kappa shape index (κ1) is 10.3. The third-order valence-corrected chi connectivity index (χ3v) is 3.38. The molecule has 4 nitrogen and oxygen atoms in total. The second-order valence-corrected chi connectivity index (χ2v) is 4.37. The highest BCUT2D eigenvalue weighted by Crippen LogP contribution is 2.32. The zero-order valence-corrected chi connectivity index (χ0v) is 9.59. The molecule has 0 saturated heterocycles. The summed E-state index contributed by atoms with van der Waals surface area (Å²) < 4.78 is 1.69. The van der Waals surface area contributed by atoms with Crippen molar-refractivity contribution in [2.75, 3.05) is 5.73 Å². The van der Waals surface area contributed by atoms with E-state index in [0.29, 0.717) is 10.7 Å². The van der Waals surface area contributed by atoms with Gasteiger partial charge in [-0.05, 0) is 30.0 Å². The van der Waals surface area contributed by atoms with Crippen LogP contribution in [0.2, 0.25) is 5.02 Å². The number of benzene rings is 1. The minimum Gasteiger partial charge on any atom is -0.399 e. The minimum absolute atomic E-state index is 0.628. The molecule has 0 radical (unpaired) electrons. The van der Waals surface area contributed by atoms with Crippen molar-refractivity contribution in [3.63, 3.8) is 0 Å². The summed E-state index contributed by atoms with van der Waals surface area (Å²) in [5.74, 6) is 0. The van der Waals surface area contributed by atoms with Crippen LogP contribution in [0, 0.1) is 0 Å². The Hall–Kier alpha value is -1.20. The fourth-order valence-corrected chi connectivity index (χ4v) is 2.15. The number of halogens is 1. The Morgan fingerprint density at radius 3 is 2.87 bits per heavy atom. The molecule has 0 aliphatic rings. The first-order valence-electron chi connectivity index (χ1n) is 4.23. The van der Waals surface area contributed by atoms with Crippen LogP contribution in [0.15, 0.2) is 34.6 Å². The zero-order valence-electron chi connectivity index (χ0n) is 8.01. The molecular weight excluding hydrogens is 232 g/mol. The van der Waals surface area contributed by atoms with Crippen LogP contribution in [-0.4, -0.2) is 14.8 Å². The van der Waals surface area contributed by atoms with Gasteiger partial charge < -0.3 is 5.73 Å². The molecule has 0 spiro atoms. The van der Waals surface area contributed by atoms with Gasteiger partial charge in [0, 0.05) is 17.6 Å². The molecule has 1 aromatic carbocycles. The number of aromatic nitrogens is 3. The van der Waals surface area contributed by atoms with Crippen molar-refractivity contribution in [3.05, 3.63) is 29.5 Å². The lowest BCUT2D eigenvalue weighted by Crippen LogP contribution is -1.92. The second kappa shape index (κ2) is 4.12. The maximum Gasteiger partial charge on any atom is 0.190 e. The van der Waals surface area contributed by atoms with Gasteiger partial charge in [-0.2, -0.15) is 5.10 Å².